The monoisotopic (exact) mass is 507 g/mol. The topological polar surface area (TPSA) is 84.0 Å². The Hall–Kier alpha value is -2.61. The van der Waals surface area contributed by atoms with Crippen LogP contribution in [0.15, 0.2) is 16.6 Å². The molecule has 0 atom stereocenters. The maximum absolute atomic E-state index is 12.7. The molecule has 1 heterocycles. The standard InChI is InChI=1S/C24H30BrNO6/c1-7-8-9-10-11-32-22-17(25)12-16(13-18(22)29-4)21-19(23(27)30-5)14(2)26-15(3)20(21)24(28)31-6/h12-13H,7-11H2,1-6H3. The summed E-state index contributed by atoms with van der Waals surface area (Å²) in [4.78, 5) is 29.7. The first kappa shape index (κ1) is 25.6. The number of pyridine rings is 1. The molecule has 0 bridgehead atoms. The Kier molecular flexibility index (Phi) is 9.50. The summed E-state index contributed by atoms with van der Waals surface area (Å²) in [6.07, 6.45) is 4.34. The summed E-state index contributed by atoms with van der Waals surface area (Å²) in [6, 6.07) is 3.52. The minimum Gasteiger partial charge on any atom is -0.493 e. The Morgan fingerprint density at radius 1 is 0.938 bits per heavy atom. The molecule has 0 saturated heterocycles. The van der Waals surface area contributed by atoms with E-state index in [1.54, 1.807) is 33.1 Å². The van der Waals surface area contributed by atoms with E-state index in [1.807, 2.05) is 0 Å². The highest BCUT2D eigenvalue weighted by atomic mass is 79.9. The van der Waals surface area contributed by atoms with Gasteiger partial charge in [-0.2, -0.15) is 0 Å². The fraction of sp³-hybridized carbons (Fsp3) is 0.458. The molecule has 0 unspecified atom stereocenters. The Balaban J connectivity index is 2.67. The van der Waals surface area contributed by atoms with Crippen LogP contribution < -0.4 is 9.47 Å². The summed E-state index contributed by atoms with van der Waals surface area (Å²) >= 11 is 3.56. The van der Waals surface area contributed by atoms with Crippen molar-refractivity contribution in [2.45, 2.75) is 46.5 Å². The third-order valence-corrected chi connectivity index (χ3v) is 5.69. The summed E-state index contributed by atoms with van der Waals surface area (Å²) in [5.74, 6) is -0.152. The average Bonchev–Trinajstić information content (AvgIpc) is 2.77. The number of aryl methyl sites for hydroxylation is 2. The molecule has 0 amide bonds. The number of nitrogens with zero attached hydrogens (tertiary/aromatic N) is 1. The molecule has 7 nitrogen and oxygen atoms in total. The van der Waals surface area contributed by atoms with E-state index in [9.17, 15) is 9.59 Å². The normalized spacial score (nSPS) is 10.6. The Bertz CT molecular complexity index is 949. The molecule has 32 heavy (non-hydrogen) atoms. The van der Waals surface area contributed by atoms with E-state index in [0.29, 0.717) is 45.1 Å². The third-order valence-electron chi connectivity index (χ3n) is 5.10. The lowest BCUT2D eigenvalue weighted by molar-refractivity contribution is 0.0599. The zero-order valence-corrected chi connectivity index (χ0v) is 21.1. The Morgan fingerprint density at radius 2 is 1.53 bits per heavy atom. The highest BCUT2D eigenvalue weighted by Crippen LogP contribution is 2.42. The SMILES string of the molecule is CCCCCCOc1c(Br)cc(-c2c(C(=O)OC)c(C)nc(C)c2C(=O)OC)cc1OC. The number of carbonyl (C=O) groups excluding carboxylic acids is 2. The number of benzene rings is 1. The van der Waals surface area contributed by atoms with E-state index >= 15 is 0 Å². The number of ether oxygens (including phenoxy) is 4. The first-order chi connectivity index (χ1) is 15.3. The van der Waals surface area contributed by atoms with Crippen molar-refractivity contribution in [2.24, 2.45) is 0 Å². The van der Waals surface area contributed by atoms with Gasteiger partial charge in [-0.3, -0.25) is 4.98 Å². The maximum atomic E-state index is 12.7. The minimum absolute atomic E-state index is 0.195. The zero-order valence-electron chi connectivity index (χ0n) is 19.5. The van der Waals surface area contributed by atoms with Crippen LogP contribution in [-0.2, 0) is 9.47 Å². The van der Waals surface area contributed by atoms with Gasteiger partial charge in [0.25, 0.3) is 0 Å². The van der Waals surface area contributed by atoms with Crippen LogP contribution in [0.25, 0.3) is 11.1 Å². The first-order valence-electron chi connectivity index (χ1n) is 10.5. The van der Waals surface area contributed by atoms with Crippen LogP contribution in [0.4, 0.5) is 0 Å². The van der Waals surface area contributed by atoms with Gasteiger partial charge in [-0.05, 0) is 53.9 Å². The Labute approximate surface area is 197 Å². The van der Waals surface area contributed by atoms with Gasteiger partial charge in [0.05, 0.1) is 54.9 Å². The Morgan fingerprint density at radius 3 is 2.03 bits per heavy atom. The van der Waals surface area contributed by atoms with Crippen LogP contribution in [-0.4, -0.2) is 44.9 Å². The number of aromatic nitrogens is 1. The lowest BCUT2D eigenvalue weighted by Crippen LogP contribution is -2.16. The van der Waals surface area contributed by atoms with Crippen molar-refractivity contribution in [1.82, 2.24) is 4.98 Å². The molecule has 174 valence electrons. The summed E-state index contributed by atoms with van der Waals surface area (Å²) in [5, 5.41) is 0. The molecule has 0 saturated carbocycles. The molecule has 0 aliphatic rings. The second-order valence-electron chi connectivity index (χ2n) is 7.29. The zero-order chi connectivity index (χ0) is 23.8. The summed E-state index contributed by atoms with van der Waals surface area (Å²) in [6.45, 7) is 6.11. The molecule has 0 N–H and O–H groups in total. The molecule has 8 heteroatoms. The van der Waals surface area contributed by atoms with Crippen LogP contribution in [0.2, 0.25) is 0 Å². The van der Waals surface area contributed by atoms with E-state index in [2.05, 4.69) is 27.8 Å². The average molecular weight is 508 g/mol. The number of rotatable bonds is 10. The second-order valence-corrected chi connectivity index (χ2v) is 8.14. The van der Waals surface area contributed by atoms with Gasteiger partial charge in [0.1, 0.15) is 0 Å². The van der Waals surface area contributed by atoms with E-state index in [-0.39, 0.29) is 11.1 Å². The summed E-state index contributed by atoms with van der Waals surface area (Å²) < 4.78 is 22.2. The number of carbonyl (C=O) groups is 2. The first-order valence-corrected chi connectivity index (χ1v) is 11.3. The molecule has 0 radical (unpaired) electrons. The molecule has 0 aliphatic carbocycles. The van der Waals surface area contributed by atoms with Gasteiger partial charge < -0.3 is 18.9 Å². The van der Waals surface area contributed by atoms with Gasteiger partial charge >= 0.3 is 11.9 Å². The van der Waals surface area contributed by atoms with Crippen molar-refractivity contribution in [1.29, 1.82) is 0 Å². The van der Waals surface area contributed by atoms with E-state index < -0.39 is 11.9 Å². The van der Waals surface area contributed by atoms with Gasteiger partial charge in [-0.25, -0.2) is 9.59 Å². The molecule has 2 rings (SSSR count). The fourth-order valence-electron chi connectivity index (χ4n) is 3.55. The van der Waals surface area contributed by atoms with Crippen LogP contribution in [0, 0.1) is 13.8 Å². The van der Waals surface area contributed by atoms with Crippen molar-refractivity contribution in [2.75, 3.05) is 27.9 Å². The van der Waals surface area contributed by atoms with Crippen LogP contribution in [0.3, 0.4) is 0 Å². The van der Waals surface area contributed by atoms with Crippen molar-refractivity contribution < 1.29 is 28.5 Å². The maximum Gasteiger partial charge on any atom is 0.340 e. The lowest BCUT2D eigenvalue weighted by Gasteiger charge is -2.19. The minimum atomic E-state index is -0.596. The highest BCUT2D eigenvalue weighted by Gasteiger charge is 2.28. The molecule has 0 spiro atoms. The van der Waals surface area contributed by atoms with E-state index in [1.165, 1.54) is 14.2 Å². The third kappa shape index (κ3) is 5.59. The smallest absolute Gasteiger partial charge is 0.340 e. The van der Waals surface area contributed by atoms with E-state index in [0.717, 1.165) is 25.7 Å². The predicted octanol–water partition coefficient (Wildman–Crippen LogP) is 5.67. The second kappa shape index (κ2) is 11.9. The number of esters is 2. The van der Waals surface area contributed by atoms with Crippen molar-refractivity contribution in [3.05, 3.63) is 39.1 Å². The number of unbranched alkanes of at least 4 members (excludes halogenated alkanes) is 3. The number of methoxy groups -OCH3 is 3. The van der Waals surface area contributed by atoms with Crippen LogP contribution >= 0.6 is 15.9 Å². The highest BCUT2D eigenvalue weighted by molar-refractivity contribution is 9.10. The van der Waals surface area contributed by atoms with Crippen molar-refractivity contribution in [3.8, 4) is 22.6 Å². The predicted molar refractivity (Wildman–Crippen MR) is 126 cm³/mol. The summed E-state index contributed by atoms with van der Waals surface area (Å²) in [5.41, 5.74) is 2.23. The molecule has 1 aromatic carbocycles. The van der Waals surface area contributed by atoms with Crippen LogP contribution in [0.1, 0.15) is 64.7 Å². The molecule has 2 aromatic rings. The number of hydrogen-bond acceptors (Lipinski definition) is 7. The molecule has 1 aromatic heterocycles. The van der Waals surface area contributed by atoms with E-state index in [4.69, 9.17) is 18.9 Å². The fourth-order valence-corrected chi connectivity index (χ4v) is 4.11. The van der Waals surface area contributed by atoms with Gasteiger partial charge in [-0.1, -0.05) is 26.2 Å². The number of hydrogen-bond donors (Lipinski definition) is 0. The van der Waals surface area contributed by atoms with Crippen LogP contribution in [0.5, 0.6) is 11.5 Å². The quantitative estimate of drug-likeness (QED) is 0.302. The van der Waals surface area contributed by atoms with Gasteiger partial charge in [0.15, 0.2) is 11.5 Å². The van der Waals surface area contributed by atoms with Gasteiger partial charge in [0, 0.05) is 5.56 Å². The van der Waals surface area contributed by atoms with Crippen molar-refractivity contribution in [3.63, 3.8) is 0 Å². The number of halogens is 1. The lowest BCUT2D eigenvalue weighted by atomic mass is 9.92. The van der Waals surface area contributed by atoms with Gasteiger partial charge in [-0.15, -0.1) is 0 Å². The molecule has 0 fully saturated rings. The van der Waals surface area contributed by atoms with Crippen molar-refractivity contribution >= 4 is 27.9 Å². The molecular formula is C24H30BrNO6. The van der Waals surface area contributed by atoms with Gasteiger partial charge in [0.2, 0.25) is 0 Å². The molecule has 0 aliphatic heterocycles. The summed E-state index contributed by atoms with van der Waals surface area (Å²) in [7, 11) is 4.12. The largest absolute Gasteiger partial charge is 0.493 e. The molecular weight excluding hydrogens is 478 g/mol.